The topological polar surface area (TPSA) is 55.1 Å². The average molecular weight is 309 g/mol. The van der Waals surface area contributed by atoms with Crippen molar-refractivity contribution >= 4 is 34.8 Å². The van der Waals surface area contributed by atoms with Gasteiger partial charge in [-0.1, -0.05) is 35.3 Å². The first-order valence-electron chi connectivity index (χ1n) is 6.05. The Labute approximate surface area is 127 Å². The lowest BCUT2D eigenvalue weighted by molar-refractivity contribution is 0.100. The minimum absolute atomic E-state index is 0.304. The molecule has 2 aromatic carbocycles. The molecule has 3 nitrogen and oxygen atoms in total. The normalized spacial score (nSPS) is 10.3. The highest BCUT2D eigenvalue weighted by molar-refractivity contribution is 6.34. The van der Waals surface area contributed by atoms with Gasteiger partial charge in [0.25, 0.3) is 0 Å². The fraction of sp³-hybridized carbons (Fsp3) is 0.133. The summed E-state index contributed by atoms with van der Waals surface area (Å²) in [5.74, 6) is -0.544. The molecule has 0 aromatic heterocycles. The minimum Gasteiger partial charge on any atom is -0.381 e. The van der Waals surface area contributed by atoms with Crippen LogP contribution < -0.4 is 11.1 Å². The zero-order valence-electron chi connectivity index (χ0n) is 10.9. The fourth-order valence-electron chi connectivity index (χ4n) is 1.77. The lowest BCUT2D eigenvalue weighted by Crippen LogP contribution is -2.12. The quantitative estimate of drug-likeness (QED) is 0.896. The molecule has 0 saturated heterocycles. The first-order chi connectivity index (χ1) is 9.47. The summed E-state index contributed by atoms with van der Waals surface area (Å²) in [4.78, 5) is 11.2. The van der Waals surface area contributed by atoms with Gasteiger partial charge >= 0.3 is 0 Å². The molecular formula is C15H14Cl2N2O. The molecular weight excluding hydrogens is 295 g/mol. The standard InChI is InChI=1S/C15H14Cl2N2O/c1-9-2-3-10(6-14(9)17)8-19-11-4-5-13(16)12(7-11)15(18)20/h2-7,19H,8H2,1H3,(H2,18,20). The van der Waals surface area contributed by atoms with Crippen molar-refractivity contribution in [1.29, 1.82) is 0 Å². The highest BCUT2D eigenvalue weighted by Crippen LogP contribution is 2.21. The zero-order chi connectivity index (χ0) is 14.7. The third-order valence-corrected chi connectivity index (χ3v) is 3.70. The van der Waals surface area contributed by atoms with Crippen molar-refractivity contribution in [3.8, 4) is 0 Å². The van der Waals surface area contributed by atoms with Crippen LogP contribution in [-0.2, 0) is 6.54 Å². The Bertz CT molecular complexity index is 656. The summed E-state index contributed by atoms with van der Waals surface area (Å²) in [6, 6.07) is 11.0. The van der Waals surface area contributed by atoms with Crippen molar-refractivity contribution in [2.45, 2.75) is 13.5 Å². The predicted octanol–water partition coefficient (Wildman–Crippen LogP) is 4.01. The maximum absolute atomic E-state index is 11.2. The second kappa shape index (κ2) is 6.16. The van der Waals surface area contributed by atoms with Crippen LogP contribution in [0.5, 0.6) is 0 Å². The van der Waals surface area contributed by atoms with Crippen LogP contribution in [0.1, 0.15) is 21.5 Å². The number of anilines is 1. The van der Waals surface area contributed by atoms with E-state index >= 15 is 0 Å². The summed E-state index contributed by atoms with van der Waals surface area (Å²) in [5, 5.41) is 4.29. The highest BCUT2D eigenvalue weighted by atomic mass is 35.5. The van der Waals surface area contributed by atoms with Gasteiger partial charge in [-0.15, -0.1) is 0 Å². The average Bonchev–Trinajstić information content (AvgIpc) is 2.41. The number of nitrogens with one attached hydrogen (secondary N) is 1. The maximum atomic E-state index is 11.2. The Morgan fingerprint density at radius 2 is 1.90 bits per heavy atom. The van der Waals surface area contributed by atoms with Gasteiger partial charge in [0.1, 0.15) is 0 Å². The van der Waals surface area contributed by atoms with Crippen LogP contribution in [0.25, 0.3) is 0 Å². The van der Waals surface area contributed by atoms with Gasteiger partial charge in [0, 0.05) is 17.3 Å². The molecule has 3 N–H and O–H groups in total. The number of aryl methyl sites for hydroxylation is 1. The van der Waals surface area contributed by atoms with Gasteiger partial charge in [-0.25, -0.2) is 0 Å². The summed E-state index contributed by atoms with van der Waals surface area (Å²) >= 11 is 12.0. The smallest absolute Gasteiger partial charge is 0.250 e. The summed E-state index contributed by atoms with van der Waals surface area (Å²) in [6.45, 7) is 2.55. The third kappa shape index (κ3) is 3.44. The number of hydrogen-bond acceptors (Lipinski definition) is 2. The number of hydrogen-bond donors (Lipinski definition) is 2. The first-order valence-corrected chi connectivity index (χ1v) is 6.81. The van der Waals surface area contributed by atoms with Gasteiger partial charge in [-0.3, -0.25) is 4.79 Å². The molecule has 0 aliphatic carbocycles. The number of primary amides is 1. The number of carbonyl (C=O) groups excluding carboxylic acids is 1. The summed E-state index contributed by atoms with van der Waals surface area (Å²) in [5.41, 5.74) is 8.43. The molecule has 2 aromatic rings. The first kappa shape index (κ1) is 14.7. The molecule has 0 bridgehead atoms. The van der Waals surface area contributed by atoms with E-state index in [1.807, 2.05) is 25.1 Å². The summed E-state index contributed by atoms with van der Waals surface area (Å²) < 4.78 is 0. The number of amides is 1. The van der Waals surface area contributed by atoms with Gasteiger partial charge in [-0.2, -0.15) is 0 Å². The van der Waals surface area contributed by atoms with Crippen molar-refractivity contribution in [1.82, 2.24) is 0 Å². The molecule has 2 rings (SSSR count). The molecule has 0 aliphatic heterocycles. The molecule has 0 spiro atoms. The van der Waals surface area contributed by atoms with E-state index in [4.69, 9.17) is 28.9 Å². The second-order valence-electron chi connectivity index (χ2n) is 4.50. The molecule has 0 aliphatic rings. The van der Waals surface area contributed by atoms with Crippen LogP contribution in [-0.4, -0.2) is 5.91 Å². The molecule has 1 amide bonds. The lowest BCUT2D eigenvalue weighted by Gasteiger charge is -2.09. The molecule has 104 valence electrons. The van der Waals surface area contributed by atoms with Gasteiger partial charge in [0.2, 0.25) is 5.91 Å². The van der Waals surface area contributed by atoms with E-state index < -0.39 is 5.91 Å². The minimum atomic E-state index is -0.544. The third-order valence-electron chi connectivity index (χ3n) is 2.96. The van der Waals surface area contributed by atoms with Crippen molar-refractivity contribution in [2.75, 3.05) is 5.32 Å². The molecule has 0 heterocycles. The number of benzene rings is 2. The van der Waals surface area contributed by atoms with Gasteiger partial charge in [0.05, 0.1) is 10.6 Å². The summed E-state index contributed by atoms with van der Waals surface area (Å²) in [7, 11) is 0. The Morgan fingerprint density at radius 1 is 1.15 bits per heavy atom. The van der Waals surface area contributed by atoms with E-state index in [0.29, 0.717) is 17.1 Å². The van der Waals surface area contributed by atoms with E-state index in [-0.39, 0.29) is 0 Å². The molecule has 20 heavy (non-hydrogen) atoms. The molecule has 0 radical (unpaired) electrons. The van der Waals surface area contributed by atoms with Crippen LogP contribution in [0.15, 0.2) is 36.4 Å². The highest BCUT2D eigenvalue weighted by Gasteiger charge is 2.07. The van der Waals surface area contributed by atoms with Crippen LogP contribution in [0, 0.1) is 6.92 Å². The maximum Gasteiger partial charge on any atom is 0.250 e. The number of nitrogens with two attached hydrogens (primary N) is 1. The molecule has 5 heteroatoms. The van der Waals surface area contributed by atoms with E-state index in [0.717, 1.165) is 21.8 Å². The van der Waals surface area contributed by atoms with E-state index in [1.54, 1.807) is 18.2 Å². The lowest BCUT2D eigenvalue weighted by atomic mass is 10.1. The van der Waals surface area contributed by atoms with E-state index in [9.17, 15) is 4.79 Å². The zero-order valence-corrected chi connectivity index (χ0v) is 12.4. The Hall–Kier alpha value is -1.71. The Morgan fingerprint density at radius 3 is 2.55 bits per heavy atom. The summed E-state index contributed by atoms with van der Waals surface area (Å²) in [6.07, 6.45) is 0. The molecule has 0 saturated carbocycles. The molecule has 0 fully saturated rings. The monoisotopic (exact) mass is 308 g/mol. The van der Waals surface area contributed by atoms with Crippen molar-refractivity contribution in [3.05, 3.63) is 63.1 Å². The van der Waals surface area contributed by atoms with Crippen molar-refractivity contribution in [2.24, 2.45) is 5.73 Å². The largest absolute Gasteiger partial charge is 0.381 e. The van der Waals surface area contributed by atoms with Crippen LogP contribution in [0.2, 0.25) is 10.0 Å². The SMILES string of the molecule is Cc1ccc(CNc2ccc(Cl)c(C(N)=O)c2)cc1Cl. The second-order valence-corrected chi connectivity index (χ2v) is 5.31. The van der Waals surface area contributed by atoms with Crippen molar-refractivity contribution < 1.29 is 4.79 Å². The number of carbonyl (C=O) groups is 1. The van der Waals surface area contributed by atoms with Crippen LogP contribution in [0.4, 0.5) is 5.69 Å². The fourth-order valence-corrected chi connectivity index (χ4v) is 2.19. The molecule has 0 atom stereocenters. The molecule has 0 unspecified atom stereocenters. The number of halogens is 2. The van der Waals surface area contributed by atoms with Gasteiger partial charge < -0.3 is 11.1 Å². The van der Waals surface area contributed by atoms with Crippen LogP contribution in [0.3, 0.4) is 0 Å². The van der Waals surface area contributed by atoms with E-state index in [2.05, 4.69) is 5.32 Å². The van der Waals surface area contributed by atoms with Crippen molar-refractivity contribution in [3.63, 3.8) is 0 Å². The van der Waals surface area contributed by atoms with E-state index in [1.165, 1.54) is 0 Å². The Balaban J connectivity index is 2.12. The Kier molecular flexibility index (Phi) is 4.53. The predicted molar refractivity (Wildman–Crippen MR) is 83.5 cm³/mol. The van der Waals surface area contributed by atoms with Gasteiger partial charge in [0.15, 0.2) is 0 Å². The number of rotatable bonds is 4. The van der Waals surface area contributed by atoms with Crippen LogP contribution >= 0.6 is 23.2 Å². The van der Waals surface area contributed by atoms with Gasteiger partial charge in [-0.05, 0) is 42.3 Å².